The van der Waals surface area contributed by atoms with Crippen molar-refractivity contribution in [2.24, 2.45) is 5.92 Å². The lowest BCUT2D eigenvalue weighted by Gasteiger charge is -2.38. The first-order valence-electron chi connectivity index (χ1n) is 11.7. The van der Waals surface area contributed by atoms with Crippen molar-refractivity contribution in [1.82, 2.24) is 9.55 Å². The molecular weight excluding hydrogens is 416 g/mol. The molecule has 0 fully saturated rings. The van der Waals surface area contributed by atoms with Gasteiger partial charge in [0, 0.05) is 26.3 Å². The molecule has 33 heavy (non-hydrogen) atoms. The topological polar surface area (TPSA) is 67.7 Å². The lowest BCUT2D eigenvalue weighted by atomic mass is 9.89. The molecule has 3 aromatic rings. The maximum absolute atomic E-state index is 13.8. The van der Waals surface area contributed by atoms with Crippen LogP contribution in [0, 0.1) is 5.92 Å². The summed E-state index contributed by atoms with van der Waals surface area (Å²) in [4.78, 5) is 35.5. The lowest BCUT2D eigenvalue weighted by molar-refractivity contribution is -0.153. The summed E-state index contributed by atoms with van der Waals surface area (Å²) in [5.74, 6) is -1.11. The molecule has 2 heterocycles. The second-order valence-corrected chi connectivity index (χ2v) is 8.63. The maximum atomic E-state index is 13.8. The number of imidazole rings is 1. The van der Waals surface area contributed by atoms with Crippen LogP contribution in [0.4, 0.5) is 11.6 Å². The van der Waals surface area contributed by atoms with E-state index in [-0.39, 0.29) is 12.5 Å². The van der Waals surface area contributed by atoms with E-state index in [2.05, 4.69) is 11.5 Å². The number of carbonyl (C=O) groups excluding carboxylic acids is 2. The largest absolute Gasteiger partial charge is 0.465 e. The summed E-state index contributed by atoms with van der Waals surface area (Å²) in [7, 11) is 3.96. The zero-order chi connectivity index (χ0) is 23.5. The first-order chi connectivity index (χ1) is 16.0. The Bertz CT molecular complexity index is 1140. The Morgan fingerprint density at radius 1 is 1.06 bits per heavy atom. The number of ether oxygens (including phenoxy) is 1. The molecule has 0 radical (unpaired) electrons. The van der Waals surface area contributed by atoms with Crippen LogP contribution in [0.25, 0.3) is 11.0 Å². The van der Waals surface area contributed by atoms with Gasteiger partial charge in [-0.05, 0) is 43.2 Å². The molecule has 0 spiro atoms. The minimum Gasteiger partial charge on any atom is -0.465 e. The molecule has 1 aliphatic rings. The maximum Gasteiger partial charge on any atom is 0.321 e. The number of aromatic nitrogens is 2. The number of nitrogens with zero attached hydrogens (tertiary/aromatic N) is 4. The van der Waals surface area contributed by atoms with Gasteiger partial charge >= 0.3 is 5.97 Å². The Hall–Kier alpha value is -3.35. The highest BCUT2D eigenvalue weighted by atomic mass is 16.5. The third-order valence-corrected chi connectivity index (χ3v) is 6.22. The fraction of sp³-hybridized carbons (Fsp3) is 0.423. The Labute approximate surface area is 195 Å². The smallest absolute Gasteiger partial charge is 0.321 e. The number of fused-ring (bicyclic) bond motifs is 3. The standard InChI is InChI=1S/C26H32N4O3/c1-5-7-10-17-29-24(31)22(25(32)33-6-2)23(18-13-15-19(16-14-18)28(3)4)30-21-12-9-8-11-20(21)27-26(29)30/h8-9,11-16,22-23H,5-7,10,17H2,1-4H3/t22-,23-/m1/s1. The second kappa shape index (κ2) is 9.65. The number of rotatable bonds is 8. The number of carbonyl (C=O) groups is 2. The summed E-state index contributed by atoms with van der Waals surface area (Å²) in [5, 5.41) is 0. The Kier molecular flexibility index (Phi) is 6.67. The van der Waals surface area contributed by atoms with Gasteiger partial charge in [0.1, 0.15) is 0 Å². The Morgan fingerprint density at radius 2 is 1.79 bits per heavy atom. The van der Waals surface area contributed by atoms with E-state index in [0.717, 1.165) is 41.5 Å². The van der Waals surface area contributed by atoms with Gasteiger partial charge in [-0.15, -0.1) is 0 Å². The van der Waals surface area contributed by atoms with Crippen LogP contribution < -0.4 is 9.80 Å². The molecule has 174 valence electrons. The third kappa shape index (κ3) is 4.19. The predicted octanol–water partition coefficient (Wildman–Crippen LogP) is 4.41. The minimum atomic E-state index is -0.970. The highest BCUT2D eigenvalue weighted by Crippen LogP contribution is 2.41. The molecule has 1 aliphatic heterocycles. The van der Waals surface area contributed by atoms with E-state index in [1.165, 1.54) is 0 Å². The number of para-hydroxylation sites is 2. The van der Waals surface area contributed by atoms with Crippen molar-refractivity contribution in [2.45, 2.75) is 39.2 Å². The van der Waals surface area contributed by atoms with Crippen LogP contribution in [-0.4, -0.2) is 48.7 Å². The molecule has 0 saturated carbocycles. The summed E-state index contributed by atoms with van der Waals surface area (Å²) < 4.78 is 7.47. The van der Waals surface area contributed by atoms with Gasteiger partial charge in [-0.25, -0.2) is 4.98 Å². The first kappa shape index (κ1) is 22.8. The van der Waals surface area contributed by atoms with Gasteiger partial charge < -0.3 is 14.2 Å². The van der Waals surface area contributed by atoms with Crippen molar-refractivity contribution in [3.05, 3.63) is 54.1 Å². The lowest BCUT2D eigenvalue weighted by Crippen LogP contribution is -2.50. The monoisotopic (exact) mass is 448 g/mol. The number of amides is 1. The van der Waals surface area contributed by atoms with Crippen LogP contribution in [0.5, 0.6) is 0 Å². The Morgan fingerprint density at radius 3 is 2.45 bits per heavy atom. The summed E-state index contributed by atoms with van der Waals surface area (Å²) in [6.45, 7) is 4.64. The van der Waals surface area contributed by atoms with E-state index in [1.54, 1.807) is 11.8 Å². The molecule has 7 heteroatoms. The average Bonchev–Trinajstić information content (AvgIpc) is 3.19. The quantitative estimate of drug-likeness (QED) is 0.290. The zero-order valence-electron chi connectivity index (χ0n) is 19.8. The van der Waals surface area contributed by atoms with Crippen molar-refractivity contribution >= 4 is 34.5 Å². The molecule has 1 aromatic heterocycles. The number of hydrogen-bond acceptors (Lipinski definition) is 5. The number of anilines is 2. The molecule has 0 N–H and O–H groups in total. The number of esters is 1. The zero-order valence-corrected chi connectivity index (χ0v) is 19.8. The first-order valence-corrected chi connectivity index (χ1v) is 11.7. The van der Waals surface area contributed by atoms with Crippen LogP contribution >= 0.6 is 0 Å². The van der Waals surface area contributed by atoms with Crippen molar-refractivity contribution in [1.29, 1.82) is 0 Å². The van der Waals surface area contributed by atoms with Gasteiger partial charge in [-0.2, -0.15) is 0 Å². The molecule has 1 amide bonds. The highest BCUT2D eigenvalue weighted by molar-refractivity contribution is 6.08. The van der Waals surface area contributed by atoms with Crippen molar-refractivity contribution in [3.8, 4) is 0 Å². The van der Waals surface area contributed by atoms with E-state index in [1.807, 2.05) is 67.5 Å². The summed E-state index contributed by atoms with van der Waals surface area (Å²) in [5.41, 5.74) is 3.63. The van der Waals surface area contributed by atoms with Gasteiger partial charge in [0.25, 0.3) is 0 Å². The molecule has 0 saturated heterocycles. The van der Waals surface area contributed by atoms with Crippen LogP contribution in [0.15, 0.2) is 48.5 Å². The molecule has 0 unspecified atom stereocenters. The molecule has 0 aliphatic carbocycles. The van der Waals surface area contributed by atoms with Crippen molar-refractivity contribution < 1.29 is 14.3 Å². The number of unbranched alkanes of at least 4 members (excludes halogenated alkanes) is 2. The van der Waals surface area contributed by atoms with Crippen LogP contribution in [0.1, 0.15) is 44.7 Å². The van der Waals surface area contributed by atoms with E-state index in [9.17, 15) is 9.59 Å². The minimum absolute atomic E-state index is 0.224. The predicted molar refractivity (Wildman–Crippen MR) is 131 cm³/mol. The SMILES string of the molecule is CCCCCN1C(=O)[C@H](C(=O)OCC)[C@@H](c2ccc(N(C)C)cc2)n2c1nc1ccccc12. The molecule has 2 atom stereocenters. The molecular formula is C26H32N4O3. The van der Waals surface area contributed by atoms with E-state index in [0.29, 0.717) is 12.5 Å². The van der Waals surface area contributed by atoms with Crippen molar-refractivity contribution in [3.63, 3.8) is 0 Å². The highest BCUT2D eigenvalue weighted by Gasteiger charge is 2.47. The fourth-order valence-corrected chi connectivity index (χ4v) is 4.55. The van der Waals surface area contributed by atoms with Gasteiger partial charge in [-0.3, -0.25) is 14.5 Å². The fourth-order valence-electron chi connectivity index (χ4n) is 4.55. The molecule has 7 nitrogen and oxygen atoms in total. The van der Waals surface area contributed by atoms with Gasteiger partial charge in [0.15, 0.2) is 5.92 Å². The van der Waals surface area contributed by atoms with Crippen LogP contribution in [0.3, 0.4) is 0 Å². The number of benzene rings is 2. The normalized spacial score (nSPS) is 17.8. The van der Waals surface area contributed by atoms with Crippen molar-refractivity contribution in [2.75, 3.05) is 37.0 Å². The summed E-state index contributed by atoms with van der Waals surface area (Å²) in [6.07, 6.45) is 2.90. The third-order valence-electron chi connectivity index (χ3n) is 6.22. The van der Waals surface area contributed by atoms with E-state index in [4.69, 9.17) is 9.72 Å². The van der Waals surface area contributed by atoms with Crippen LogP contribution in [-0.2, 0) is 14.3 Å². The van der Waals surface area contributed by atoms with Crippen LogP contribution in [0.2, 0.25) is 0 Å². The molecule has 4 rings (SSSR count). The average molecular weight is 449 g/mol. The van der Waals surface area contributed by atoms with Gasteiger partial charge in [0.2, 0.25) is 11.9 Å². The summed E-state index contributed by atoms with van der Waals surface area (Å²) >= 11 is 0. The summed E-state index contributed by atoms with van der Waals surface area (Å²) in [6, 6.07) is 15.3. The molecule has 2 aromatic carbocycles. The van der Waals surface area contributed by atoms with E-state index < -0.39 is 17.9 Å². The van der Waals surface area contributed by atoms with Gasteiger partial charge in [-0.1, -0.05) is 44.0 Å². The molecule has 0 bridgehead atoms. The van der Waals surface area contributed by atoms with Gasteiger partial charge in [0.05, 0.1) is 23.7 Å². The number of hydrogen-bond donors (Lipinski definition) is 0. The van der Waals surface area contributed by atoms with E-state index >= 15 is 0 Å². The second-order valence-electron chi connectivity index (χ2n) is 8.63. The Balaban J connectivity index is 1.91.